The molecule has 1 aromatic heterocycles. The van der Waals surface area contributed by atoms with Crippen LogP contribution in [-0.2, 0) is 13.1 Å². The maximum Gasteiger partial charge on any atom is 0.191 e. The van der Waals surface area contributed by atoms with Gasteiger partial charge in [0.1, 0.15) is 12.1 Å². The van der Waals surface area contributed by atoms with Crippen LogP contribution in [0.2, 0.25) is 0 Å². The van der Waals surface area contributed by atoms with Crippen molar-refractivity contribution in [2.75, 3.05) is 7.05 Å². The zero-order valence-corrected chi connectivity index (χ0v) is 17.5. The van der Waals surface area contributed by atoms with Crippen LogP contribution in [0.25, 0.3) is 11.4 Å². The molecule has 27 heavy (non-hydrogen) atoms. The summed E-state index contributed by atoms with van der Waals surface area (Å²) in [6, 6.07) is 13.1. The Balaban J connectivity index is 0.00000261. The minimum atomic E-state index is -0.192. The molecule has 0 radical (unpaired) electrons. The van der Waals surface area contributed by atoms with Crippen LogP contribution >= 0.6 is 24.0 Å². The second-order valence-corrected chi connectivity index (χ2v) is 5.90. The standard InChI is InChI=1S/C19H21FN6.HI/c1-13-8-15(6-7-17(13)20)11-23-19(21-2)22-10-14-4-3-5-16(9-14)18-24-12-25-26-18;/h3-9,12H,10-11H2,1-2H3,(H2,21,22,23)(H,24,25,26);1H. The van der Waals surface area contributed by atoms with E-state index in [2.05, 4.69) is 30.8 Å². The summed E-state index contributed by atoms with van der Waals surface area (Å²) in [5.41, 5.74) is 3.71. The highest BCUT2D eigenvalue weighted by atomic mass is 127. The first-order valence-corrected chi connectivity index (χ1v) is 8.30. The molecule has 0 aliphatic carbocycles. The van der Waals surface area contributed by atoms with Crippen LogP contribution in [0.15, 0.2) is 53.8 Å². The number of nitrogens with one attached hydrogen (secondary N) is 3. The zero-order chi connectivity index (χ0) is 18.4. The minimum absolute atomic E-state index is 0. The Morgan fingerprint density at radius 1 is 1.11 bits per heavy atom. The van der Waals surface area contributed by atoms with Gasteiger partial charge in [-0.3, -0.25) is 10.1 Å². The molecule has 0 amide bonds. The van der Waals surface area contributed by atoms with Gasteiger partial charge in [0.25, 0.3) is 0 Å². The number of hydrogen-bond acceptors (Lipinski definition) is 3. The van der Waals surface area contributed by atoms with Gasteiger partial charge in [0, 0.05) is 25.7 Å². The lowest BCUT2D eigenvalue weighted by Gasteiger charge is -2.13. The van der Waals surface area contributed by atoms with Crippen molar-refractivity contribution < 1.29 is 4.39 Å². The second-order valence-electron chi connectivity index (χ2n) is 5.90. The molecule has 8 heteroatoms. The van der Waals surface area contributed by atoms with E-state index in [1.807, 2.05) is 30.3 Å². The summed E-state index contributed by atoms with van der Waals surface area (Å²) < 4.78 is 13.3. The molecular weight excluding hydrogens is 458 g/mol. The molecule has 0 aliphatic rings. The quantitative estimate of drug-likeness (QED) is 0.297. The maximum absolute atomic E-state index is 13.3. The van der Waals surface area contributed by atoms with Crippen molar-refractivity contribution in [2.45, 2.75) is 20.0 Å². The molecule has 0 saturated carbocycles. The van der Waals surface area contributed by atoms with Gasteiger partial charge in [-0.2, -0.15) is 5.10 Å². The lowest BCUT2D eigenvalue weighted by molar-refractivity contribution is 0.617. The van der Waals surface area contributed by atoms with Crippen LogP contribution in [0, 0.1) is 12.7 Å². The fourth-order valence-corrected chi connectivity index (χ4v) is 2.58. The first kappa shape index (κ1) is 20.8. The lowest BCUT2D eigenvalue weighted by atomic mass is 10.1. The number of aromatic nitrogens is 3. The Morgan fingerprint density at radius 2 is 1.85 bits per heavy atom. The Morgan fingerprint density at radius 3 is 2.48 bits per heavy atom. The van der Waals surface area contributed by atoms with Gasteiger partial charge in [0.2, 0.25) is 0 Å². The molecule has 0 spiro atoms. The molecule has 142 valence electrons. The predicted octanol–water partition coefficient (Wildman–Crippen LogP) is 3.40. The van der Waals surface area contributed by atoms with Crippen molar-refractivity contribution in [3.05, 3.63) is 71.3 Å². The summed E-state index contributed by atoms with van der Waals surface area (Å²) >= 11 is 0. The number of H-pyrrole nitrogens is 1. The monoisotopic (exact) mass is 480 g/mol. The first-order valence-electron chi connectivity index (χ1n) is 8.30. The van der Waals surface area contributed by atoms with Crippen molar-refractivity contribution in [1.82, 2.24) is 25.8 Å². The third-order valence-electron chi connectivity index (χ3n) is 3.98. The number of aliphatic imine (C=N–C) groups is 1. The van der Waals surface area contributed by atoms with Gasteiger partial charge < -0.3 is 10.6 Å². The van der Waals surface area contributed by atoms with Crippen molar-refractivity contribution >= 4 is 29.9 Å². The van der Waals surface area contributed by atoms with Crippen molar-refractivity contribution in [1.29, 1.82) is 0 Å². The smallest absolute Gasteiger partial charge is 0.191 e. The number of rotatable bonds is 5. The third kappa shape index (κ3) is 5.75. The molecular formula is C19H22FIN6. The summed E-state index contributed by atoms with van der Waals surface area (Å²) in [6.07, 6.45) is 1.49. The normalized spacial score (nSPS) is 11.0. The topological polar surface area (TPSA) is 78.0 Å². The highest BCUT2D eigenvalue weighted by Crippen LogP contribution is 2.15. The summed E-state index contributed by atoms with van der Waals surface area (Å²) in [4.78, 5) is 8.39. The third-order valence-corrected chi connectivity index (χ3v) is 3.98. The molecule has 0 saturated heterocycles. The largest absolute Gasteiger partial charge is 0.352 e. The fraction of sp³-hybridized carbons (Fsp3) is 0.211. The van der Waals surface area contributed by atoms with Crippen molar-refractivity contribution in [3.8, 4) is 11.4 Å². The highest BCUT2D eigenvalue weighted by molar-refractivity contribution is 14.0. The molecule has 0 atom stereocenters. The van der Waals surface area contributed by atoms with E-state index in [-0.39, 0.29) is 29.8 Å². The molecule has 3 aromatic rings. The minimum Gasteiger partial charge on any atom is -0.352 e. The summed E-state index contributed by atoms with van der Waals surface area (Å²) in [7, 11) is 1.72. The van der Waals surface area contributed by atoms with E-state index in [0.29, 0.717) is 24.6 Å². The molecule has 3 rings (SSSR count). The van der Waals surface area contributed by atoms with Gasteiger partial charge in [-0.05, 0) is 35.7 Å². The molecule has 0 aliphatic heterocycles. The van der Waals surface area contributed by atoms with E-state index in [1.54, 1.807) is 20.0 Å². The van der Waals surface area contributed by atoms with E-state index in [9.17, 15) is 4.39 Å². The van der Waals surface area contributed by atoms with Gasteiger partial charge >= 0.3 is 0 Å². The molecule has 2 aromatic carbocycles. The Hall–Kier alpha value is -2.49. The van der Waals surface area contributed by atoms with Gasteiger partial charge in [-0.1, -0.05) is 30.3 Å². The molecule has 0 unspecified atom stereocenters. The average Bonchev–Trinajstić information content (AvgIpc) is 3.20. The number of hydrogen-bond donors (Lipinski definition) is 3. The molecule has 0 fully saturated rings. The molecule has 1 heterocycles. The summed E-state index contributed by atoms with van der Waals surface area (Å²) in [5.74, 6) is 1.22. The first-order chi connectivity index (χ1) is 12.7. The number of benzene rings is 2. The predicted molar refractivity (Wildman–Crippen MR) is 115 cm³/mol. The Bertz CT molecular complexity index is 895. The van der Waals surface area contributed by atoms with Crippen LogP contribution < -0.4 is 10.6 Å². The van der Waals surface area contributed by atoms with Gasteiger partial charge in [-0.25, -0.2) is 9.37 Å². The molecule has 6 nitrogen and oxygen atoms in total. The van der Waals surface area contributed by atoms with E-state index in [4.69, 9.17) is 0 Å². The van der Waals surface area contributed by atoms with E-state index < -0.39 is 0 Å². The Labute approximate surface area is 174 Å². The van der Waals surface area contributed by atoms with Crippen LogP contribution in [0.3, 0.4) is 0 Å². The van der Waals surface area contributed by atoms with Gasteiger partial charge in [0.15, 0.2) is 11.8 Å². The fourth-order valence-electron chi connectivity index (χ4n) is 2.58. The summed E-state index contributed by atoms with van der Waals surface area (Å²) in [6.45, 7) is 2.94. The lowest BCUT2D eigenvalue weighted by Crippen LogP contribution is -2.36. The van der Waals surface area contributed by atoms with E-state index in [0.717, 1.165) is 22.5 Å². The summed E-state index contributed by atoms with van der Waals surface area (Å²) in [5, 5.41) is 13.2. The maximum atomic E-state index is 13.3. The highest BCUT2D eigenvalue weighted by Gasteiger charge is 2.04. The van der Waals surface area contributed by atoms with E-state index in [1.165, 1.54) is 12.4 Å². The van der Waals surface area contributed by atoms with Crippen molar-refractivity contribution in [3.63, 3.8) is 0 Å². The van der Waals surface area contributed by atoms with Gasteiger partial charge in [0.05, 0.1) is 0 Å². The number of aryl methyl sites for hydroxylation is 1. The van der Waals surface area contributed by atoms with Crippen LogP contribution in [-0.4, -0.2) is 28.2 Å². The molecule has 3 N–H and O–H groups in total. The number of guanidine groups is 1. The van der Waals surface area contributed by atoms with Crippen LogP contribution in [0.1, 0.15) is 16.7 Å². The van der Waals surface area contributed by atoms with Crippen LogP contribution in [0.4, 0.5) is 4.39 Å². The number of nitrogens with zero attached hydrogens (tertiary/aromatic N) is 3. The number of halogens is 2. The zero-order valence-electron chi connectivity index (χ0n) is 15.2. The SMILES string of the molecule is CN=C(NCc1cccc(-c2ncn[nH]2)c1)NCc1ccc(F)c(C)c1.I. The average molecular weight is 480 g/mol. The van der Waals surface area contributed by atoms with E-state index >= 15 is 0 Å². The van der Waals surface area contributed by atoms with Crippen LogP contribution in [0.5, 0.6) is 0 Å². The van der Waals surface area contributed by atoms with Gasteiger partial charge in [-0.15, -0.1) is 24.0 Å². The second kappa shape index (κ2) is 10.0. The number of aromatic amines is 1. The Kier molecular flexibility index (Phi) is 7.71. The molecule has 0 bridgehead atoms. The van der Waals surface area contributed by atoms with Crippen molar-refractivity contribution in [2.24, 2.45) is 4.99 Å².